The Bertz CT molecular complexity index is 986. The average Bonchev–Trinajstić information content (AvgIpc) is 2.56. The van der Waals surface area contributed by atoms with E-state index in [4.69, 9.17) is 5.73 Å². The van der Waals surface area contributed by atoms with Crippen LogP contribution < -0.4 is 10.5 Å². The summed E-state index contributed by atoms with van der Waals surface area (Å²) in [6.07, 6.45) is 2.29. The van der Waals surface area contributed by atoms with Crippen LogP contribution in [-0.4, -0.2) is 13.3 Å². The van der Waals surface area contributed by atoms with E-state index in [1.807, 2.05) is 12.1 Å². The Morgan fingerprint density at radius 1 is 1.19 bits per heavy atom. The molecule has 8 heteroatoms. The fraction of sp³-hybridized carbons (Fsp3) is 0.333. The molecule has 3 N–H and O–H groups in total. The van der Waals surface area contributed by atoms with Gasteiger partial charge in [-0.2, -0.15) is 0 Å². The van der Waals surface area contributed by atoms with Crippen molar-refractivity contribution in [3.05, 3.63) is 62.7 Å². The van der Waals surface area contributed by atoms with Crippen molar-refractivity contribution in [1.29, 1.82) is 0 Å². The van der Waals surface area contributed by atoms with Crippen LogP contribution in [-0.2, 0) is 16.4 Å². The number of nitrogens with one attached hydrogen (secondary N) is 1. The van der Waals surface area contributed by atoms with Crippen molar-refractivity contribution in [2.75, 3.05) is 5.73 Å². The maximum atomic E-state index is 12.9. The molecule has 1 unspecified atom stereocenters. The highest BCUT2D eigenvalue weighted by Crippen LogP contribution is 2.34. The number of sulfonamides is 1. The number of fused-ring (bicyclic) bond motifs is 1. The number of anilines is 1. The fourth-order valence-corrected chi connectivity index (χ4v) is 4.83. The Hall–Kier alpha value is -2.45. The fourth-order valence-electron chi connectivity index (χ4n) is 3.34. The SMILES string of the molecule is Cc1cc([N+](=O)[O-])c(S(=O)(=O)NC2CCCc3cc(N)ccc32)cc1C. The lowest BCUT2D eigenvalue weighted by molar-refractivity contribution is -0.387. The lowest BCUT2D eigenvalue weighted by Gasteiger charge is -2.26. The monoisotopic (exact) mass is 375 g/mol. The molecule has 0 spiro atoms. The molecule has 0 amide bonds. The Labute approximate surface area is 152 Å². The zero-order valence-electron chi connectivity index (χ0n) is 14.7. The van der Waals surface area contributed by atoms with E-state index in [2.05, 4.69) is 4.72 Å². The predicted octanol–water partition coefficient (Wildman–Crippen LogP) is 3.15. The largest absolute Gasteiger partial charge is 0.399 e. The van der Waals surface area contributed by atoms with Crippen LogP contribution in [0.1, 0.15) is 41.1 Å². The zero-order valence-corrected chi connectivity index (χ0v) is 15.5. The van der Waals surface area contributed by atoms with Crippen molar-refractivity contribution in [2.24, 2.45) is 0 Å². The Morgan fingerprint density at radius 3 is 2.58 bits per heavy atom. The van der Waals surface area contributed by atoms with Gasteiger partial charge in [0, 0.05) is 17.8 Å². The molecule has 2 aromatic carbocycles. The van der Waals surface area contributed by atoms with E-state index in [0.29, 0.717) is 23.2 Å². The second kappa shape index (κ2) is 6.69. The summed E-state index contributed by atoms with van der Waals surface area (Å²) in [5, 5.41) is 11.4. The number of hydrogen-bond donors (Lipinski definition) is 2. The van der Waals surface area contributed by atoms with E-state index in [1.54, 1.807) is 19.9 Å². The van der Waals surface area contributed by atoms with Gasteiger partial charge in [0.25, 0.3) is 5.69 Å². The normalized spacial score (nSPS) is 16.9. The minimum atomic E-state index is -4.05. The van der Waals surface area contributed by atoms with Crippen molar-refractivity contribution in [1.82, 2.24) is 4.72 Å². The molecule has 0 fully saturated rings. The molecule has 0 bridgehead atoms. The third-order valence-electron chi connectivity index (χ3n) is 4.84. The standard InChI is InChI=1S/C18H21N3O4S/c1-11-8-17(21(22)23)18(9-12(11)2)26(24,25)20-16-5-3-4-13-10-14(19)6-7-15(13)16/h6-10,16,20H,3-5,19H2,1-2H3. The quantitative estimate of drug-likeness (QED) is 0.484. The Kier molecular flexibility index (Phi) is 4.72. The van der Waals surface area contributed by atoms with Crippen LogP contribution in [0.3, 0.4) is 0 Å². The number of nitro groups is 1. The van der Waals surface area contributed by atoms with Crippen LogP contribution >= 0.6 is 0 Å². The van der Waals surface area contributed by atoms with Crippen molar-refractivity contribution in [3.63, 3.8) is 0 Å². The van der Waals surface area contributed by atoms with Crippen LogP contribution in [0, 0.1) is 24.0 Å². The summed E-state index contributed by atoms with van der Waals surface area (Å²) in [5.74, 6) is 0. The molecule has 2 aromatic rings. The minimum Gasteiger partial charge on any atom is -0.399 e. The smallest absolute Gasteiger partial charge is 0.289 e. The van der Waals surface area contributed by atoms with E-state index in [-0.39, 0.29) is 4.90 Å². The van der Waals surface area contributed by atoms with Crippen LogP contribution in [0.15, 0.2) is 35.2 Å². The summed E-state index contributed by atoms with van der Waals surface area (Å²) in [6, 6.07) is 7.66. The first-order valence-corrected chi connectivity index (χ1v) is 9.83. The van der Waals surface area contributed by atoms with Gasteiger partial charge in [-0.05, 0) is 73.6 Å². The number of nitrogens with two attached hydrogens (primary N) is 1. The maximum absolute atomic E-state index is 12.9. The molecule has 0 aromatic heterocycles. The van der Waals surface area contributed by atoms with E-state index in [9.17, 15) is 18.5 Å². The number of hydrogen-bond acceptors (Lipinski definition) is 5. The first-order chi connectivity index (χ1) is 12.2. The van der Waals surface area contributed by atoms with Crippen LogP contribution in [0.4, 0.5) is 11.4 Å². The first kappa shape index (κ1) is 18.3. The highest BCUT2D eigenvalue weighted by molar-refractivity contribution is 7.89. The molecule has 7 nitrogen and oxygen atoms in total. The number of aryl methyl sites for hydroxylation is 3. The van der Waals surface area contributed by atoms with Crippen LogP contribution in [0.2, 0.25) is 0 Å². The molecule has 1 aliphatic carbocycles. The van der Waals surface area contributed by atoms with Crippen LogP contribution in [0.5, 0.6) is 0 Å². The average molecular weight is 375 g/mol. The molecule has 26 heavy (non-hydrogen) atoms. The van der Waals surface area contributed by atoms with E-state index < -0.39 is 26.7 Å². The Balaban J connectivity index is 2.02. The molecule has 0 saturated heterocycles. The second-order valence-corrected chi connectivity index (χ2v) is 8.37. The summed E-state index contributed by atoms with van der Waals surface area (Å²) in [7, 11) is -4.05. The molecular weight excluding hydrogens is 354 g/mol. The summed E-state index contributed by atoms with van der Waals surface area (Å²) >= 11 is 0. The van der Waals surface area contributed by atoms with Gasteiger partial charge < -0.3 is 5.73 Å². The van der Waals surface area contributed by atoms with E-state index in [1.165, 1.54) is 12.1 Å². The van der Waals surface area contributed by atoms with Gasteiger partial charge in [0.2, 0.25) is 10.0 Å². The van der Waals surface area contributed by atoms with E-state index in [0.717, 1.165) is 24.0 Å². The second-order valence-electron chi connectivity index (χ2n) is 6.69. The molecule has 0 heterocycles. The summed E-state index contributed by atoms with van der Waals surface area (Å²) in [6.45, 7) is 3.45. The van der Waals surface area contributed by atoms with Crippen molar-refractivity contribution >= 4 is 21.4 Å². The van der Waals surface area contributed by atoms with Gasteiger partial charge in [-0.3, -0.25) is 10.1 Å². The van der Waals surface area contributed by atoms with Gasteiger partial charge >= 0.3 is 0 Å². The number of benzene rings is 2. The molecule has 0 saturated carbocycles. The molecule has 0 radical (unpaired) electrons. The van der Waals surface area contributed by atoms with Crippen molar-refractivity contribution in [2.45, 2.75) is 44.0 Å². The molecule has 0 aliphatic heterocycles. The van der Waals surface area contributed by atoms with Crippen molar-refractivity contribution < 1.29 is 13.3 Å². The van der Waals surface area contributed by atoms with Gasteiger partial charge in [0.1, 0.15) is 0 Å². The molecule has 1 aliphatic rings. The minimum absolute atomic E-state index is 0.298. The topological polar surface area (TPSA) is 115 Å². The summed E-state index contributed by atoms with van der Waals surface area (Å²) in [5.41, 5.74) is 9.29. The number of rotatable bonds is 4. The third kappa shape index (κ3) is 3.42. The van der Waals surface area contributed by atoms with E-state index >= 15 is 0 Å². The lowest BCUT2D eigenvalue weighted by atomic mass is 9.88. The van der Waals surface area contributed by atoms with Crippen molar-refractivity contribution in [3.8, 4) is 0 Å². The highest BCUT2D eigenvalue weighted by Gasteiger charge is 2.31. The lowest BCUT2D eigenvalue weighted by Crippen LogP contribution is -2.31. The summed E-state index contributed by atoms with van der Waals surface area (Å²) in [4.78, 5) is 10.4. The molecule has 3 rings (SSSR count). The predicted molar refractivity (Wildman–Crippen MR) is 99.4 cm³/mol. The number of nitrogens with zero attached hydrogens (tertiary/aromatic N) is 1. The zero-order chi connectivity index (χ0) is 19.1. The van der Waals surface area contributed by atoms with Gasteiger partial charge in [0.05, 0.1) is 4.92 Å². The Morgan fingerprint density at radius 2 is 1.88 bits per heavy atom. The number of nitrogen functional groups attached to an aromatic ring is 1. The van der Waals surface area contributed by atoms with Gasteiger partial charge in [-0.25, -0.2) is 13.1 Å². The molecule has 1 atom stereocenters. The van der Waals surface area contributed by atoms with Crippen LogP contribution in [0.25, 0.3) is 0 Å². The maximum Gasteiger partial charge on any atom is 0.289 e. The summed E-state index contributed by atoms with van der Waals surface area (Å²) < 4.78 is 28.5. The van der Waals surface area contributed by atoms with Gasteiger partial charge in [-0.1, -0.05) is 6.07 Å². The third-order valence-corrected chi connectivity index (χ3v) is 6.34. The number of nitro benzene ring substituents is 1. The first-order valence-electron chi connectivity index (χ1n) is 8.35. The van der Waals surface area contributed by atoms with Gasteiger partial charge in [-0.15, -0.1) is 0 Å². The molecule has 138 valence electrons. The van der Waals surface area contributed by atoms with Gasteiger partial charge in [0.15, 0.2) is 4.90 Å². The molecular formula is C18H21N3O4S. The highest BCUT2D eigenvalue weighted by atomic mass is 32.2.